The number of carbonyl (C=O) groups is 1. The van der Waals surface area contributed by atoms with Crippen LogP contribution >= 0.6 is 0 Å². The molecule has 0 aromatic heterocycles. The largest absolute Gasteiger partial charge is 0.465 e. The molecular weight excluding hydrogens is 328 g/mol. The van der Waals surface area contributed by atoms with Gasteiger partial charge in [-0.25, -0.2) is 13.2 Å². The highest BCUT2D eigenvalue weighted by molar-refractivity contribution is 7.90. The van der Waals surface area contributed by atoms with Gasteiger partial charge in [-0.1, -0.05) is 36.4 Å². The lowest BCUT2D eigenvalue weighted by atomic mass is 9.99. The first-order valence-corrected chi connectivity index (χ1v) is 9.35. The van der Waals surface area contributed by atoms with E-state index in [1.54, 1.807) is 13.0 Å². The first-order valence-electron chi connectivity index (χ1n) is 7.46. The molecule has 0 saturated carbocycles. The molecule has 1 saturated heterocycles. The van der Waals surface area contributed by atoms with Crippen molar-refractivity contribution in [2.75, 3.05) is 13.4 Å². The molecule has 1 aliphatic rings. The highest BCUT2D eigenvalue weighted by Crippen LogP contribution is 2.52. The number of benzene rings is 2. The van der Waals surface area contributed by atoms with Crippen molar-refractivity contribution in [1.82, 2.24) is 0 Å². The molecular formula is C18H18O5S. The van der Waals surface area contributed by atoms with Gasteiger partial charge in [0.05, 0.1) is 17.6 Å². The van der Waals surface area contributed by atoms with Gasteiger partial charge in [0.1, 0.15) is 12.2 Å². The van der Waals surface area contributed by atoms with Crippen molar-refractivity contribution in [1.29, 1.82) is 0 Å². The normalized spacial score (nSPS) is 19.8. The molecule has 2 aromatic rings. The molecule has 2 aromatic carbocycles. The van der Waals surface area contributed by atoms with Gasteiger partial charge in [-0.2, -0.15) is 0 Å². The number of rotatable bonds is 4. The molecule has 5 nitrogen and oxygen atoms in total. The van der Waals surface area contributed by atoms with Crippen LogP contribution in [0.15, 0.2) is 47.4 Å². The van der Waals surface area contributed by atoms with Gasteiger partial charge in [-0.05, 0) is 24.1 Å². The van der Waals surface area contributed by atoms with Gasteiger partial charge in [0.15, 0.2) is 9.84 Å². The first kappa shape index (κ1) is 16.7. The Morgan fingerprint density at radius 2 is 1.79 bits per heavy atom. The molecule has 1 heterocycles. The maximum atomic E-state index is 12.2. The number of esters is 1. The summed E-state index contributed by atoms with van der Waals surface area (Å²) < 4.78 is 34.8. The minimum absolute atomic E-state index is 0.108. The molecule has 0 unspecified atom stereocenters. The Morgan fingerprint density at radius 3 is 2.38 bits per heavy atom. The van der Waals surface area contributed by atoms with Crippen LogP contribution in [-0.4, -0.2) is 27.8 Å². The number of methoxy groups -OCH3 is 1. The van der Waals surface area contributed by atoms with Crippen molar-refractivity contribution in [3.05, 3.63) is 64.7 Å². The number of carbonyl (C=O) groups excluding carboxylic acids is 1. The number of hydrogen-bond acceptors (Lipinski definition) is 5. The lowest BCUT2D eigenvalue weighted by Gasteiger charge is -2.11. The van der Waals surface area contributed by atoms with E-state index in [-0.39, 0.29) is 22.7 Å². The third-order valence-electron chi connectivity index (χ3n) is 4.09. The molecule has 0 spiro atoms. The molecule has 1 aliphatic heterocycles. The molecule has 126 valence electrons. The Hall–Kier alpha value is -2.18. The summed E-state index contributed by atoms with van der Waals surface area (Å²) in [7, 11) is -2.24. The van der Waals surface area contributed by atoms with Gasteiger partial charge in [-0.15, -0.1) is 0 Å². The minimum Gasteiger partial charge on any atom is -0.465 e. The Balaban J connectivity index is 2.06. The van der Waals surface area contributed by atoms with E-state index in [0.29, 0.717) is 11.1 Å². The summed E-state index contributed by atoms with van der Waals surface area (Å²) in [4.78, 5) is 12.0. The number of aryl methyl sites for hydroxylation is 1. The maximum absolute atomic E-state index is 12.2. The van der Waals surface area contributed by atoms with E-state index >= 15 is 0 Å². The number of hydrogen-bond donors (Lipinski definition) is 0. The number of sulfone groups is 1. The molecule has 0 aliphatic carbocycles. The van der Waals surface area contributed by atoms with E-state index in [9.17, 15) is 13.2 Å². The summed E-state index contributed by atoms with van der Waals surface area (Å²) in [6.45, 7) is 1.75. The Labute approximate surface area is 141 Å². The Bertz CT molecular complexity index is 887. The fraction of sp³-hybridized carbons (Fsp3) is 0.278. The average molecular weight is 346 g/mol. The molecule has 2 atom stereocenters. The smallest absolute Gasteiger partial charge is 0.338 e. The summed E-state index contributed by atoms with van der Waals surface area (Å²) in [5.74, 6) is -0.555. The summed E-state index contributed by atoms with van der Waals surface area (Å²) in [6.07, 6.45) is 0.625. The summed E-state index contributed by atoms with van der Waals surface area (Å²) in [5, 5.41) is 0. The fourth-order valence-electron chi connectivity index (χ4n) is 2.83. The van der Waals surface area contributed by atoms with Crippen LogP contribution in [0.25, 0.3) is 0 Å². The summed E-state index contributed by atoms with van der Waals surface area (Å²) >= 11 is 0. The van der Waals surface area contributed by atoms with E-state index in [2.05, 4.69) is 0 Å². The Kier molecular flexibility index (Phi) is 4.19. The minimum atomic E-state index is -3.51. The van der Waals surface area contributed by atoms with Crippen molar-refractivity contribution in [2.24, 2.45) is 0 Å². The van der Waals surface area contributed by atoms with Gasteiger partial charge in [0, 0.05) is 11.8 Å². The van der Waals surface area contributed by atoms with Gasteiger partial charge in [0.25, 0.3) is 0 Å². The number of ether oxygens (including phenoxy) is 2. The van der Waals surface area contributed by atoms with Crippen LogP contribution in [-0.2, 0) is 19.3 Å². The van der Waals surface area contributed by atoms with E-state index < -0.39 is 15.8 Å². The molecule has 1 fully saturated rings. The third-order valence-corrected chi connectivity index (χ3v) is 5.24. The van der Waals surface area contributed by atoms with Crippen LogP contribution in [0.5, 0.6) is 0 Å². The van der Waals surface area contributed by atoms with Gasteiger partial charge in [-0.3, -0.25) is 0 Å². The van der Waals surface area contributed by atoms with Crippen LogP contribution in [0.1, 0.15) is 39.3 Å². The quantitative estimate of drug-likeness (QED) is 0.628. The second-order valence-electron chi connectivity index (χ2n) is 5.86. The lowest BCUT2D eigenvalue weighted by molar-refractivity contribution is 0.0599. The van der Waals surface area contributed by atoms with Crippen LogP contribution in [0, 0.1) is 6.92 Å². The first-order chi connectivity index (χ1) is 11.3. The molecule has 0 N–H and O–H groups in total. The zero-order valence-electron chi connectivity index (χ0n) is 13.6. The van der Waals surface area contributed by atoms with Gasteiger partial charge >= 0.3 is 5.97 Å². The molecule has 0 bridgehead atoms. The third kappa shape index (κ3) is 3.07. The highest BCUT2D eigenvalue weighted by Gasteiger charge is 2.44. The second-order valence-corrected chi connectivity index (χ2v) is 7.84. The molecule has 3 rings (SSSR count). The van der Waals surface area contributed by atoms with E-state index in [1.807, 2.05) is 30.3 Å². The van der Waals surface area contributed by atoms with Crippen LogP contribution in [0.4, 0.5) is 0 Å². The van der Waals surface area contributed by atoms with Crippen LogP contribution < -0.4 is 0 Å². The predicted octanol–water partition coefficient (Wildman–Crippen LogP) is 3.00. The predicted molar refractivity (Wildman–Crippen MR) is 88.6 cm³/mol. The van der Waals surface area contributed by atoms with Crippen molar-refractivity contribution >= 4 is 15.8 Å². The van der Waals surface area contributed by atoms with Crippen LogP contribution in [0.2, 0.25) is 0 Å². The zero-order chi connectivity index (χ0) is 17.5. The summed E-state index contributed by atoms with van der Waals surface area (Å²) in [6, 6.07) is 12.7. The van der Waals surface area contributed by atoms with Crippen molar-refractivity contribution < 1.29 is 22.7 Å². The molecule has 6 heteroatoms. The van der Waals surface area contributed by atoms with Crippen molar-refractivity contribution in [3.63, 3.8) is 0 Å². The topological polar surface area (TPSA) is 73.0 Å². The second kappa shape index (κ2) is 6.03. The average Bonchev–Trinajstić information content (AvgIpc) is 3.34. The highest BCUT2D eigenvalue weighted by atomic mass is 32.2. The monoisotopic (exact) mass is 346 g/mol. The van der Waals surface area contributed by atoms with Gasteiger partial charge < -0.3 is 9.47 Å². The van der Waals surface area contributed by atoms with Crippen molar-refractivity contribution in [2.45, 2.75) is 24.0 Å². The molecule has 0 radical (unpaired) electrons. The van der Waals surface area contributed by atoms with Crippen LogP contribution in [0.3, 0.4) is 0 Å². The standard InChI is InChI=1S/C18H18O5S/c1-11-9-14(17-16(23-17)12-7-5-4-6-8-12)15(24(3,20)21)10-13(11)18(19)22-2/h4-10,16-17H,1-3H3/t16-,17-/m0/s1. The Morgan fingerprint density at radius 1 is 1.12 bits per heavy atom. The van der Waals surface area contributed by atoms with E-state index in [4.69, 9.17) is 9.47 Å². The molecule has 0 amide bonds. The zero-order valence-corrected chi connectivity index (χ0v) is 14.5. The van der Waals surface area contributed by atoms with Gasteiger partial charge in [0.2, 0.25) is 0 Å². The fourth-order valence-corrected chi connectivity index (χ4v) is 3.76. The maximum Gasteiger partial charge on any atom is 0.338 e. The lowest BCUT2D eigenvalue weighted by Crippen LogP contribution is -2.09. The van der Waals surface area contributed by atoms with Crippen molar-refractivity contribution in [3.8, 4) is 0 Å². The molecule has 24 heavy (non-hydrogen) atoms. The SMILES string of the molecule is COC(=O)c1cc(S(C)(=O)=O)c([C@@H]2O[C@H]2c2ccccc2)cc1C. The number of epoxide rings is 1. The van der Waals surface area contributed by atoms with E-state index in [1.165, 1.54) is 13.2 Å². The summed E-state index contributed by atoms with van der Waals surface area (Å²) in [5.41, 5.74) is 2.48. The van der Waals surface area contributed by atoms with E-state index in [0.717, 1.165) is 11.8 Å².